The highest BCUT2D eigenvalue weighted by molar-refractivity contribution is 5.74. The lowest BCUT2D eigenvalue weighted by Crippen LogP contribution is -2.51. The first-order valence-electron chi connectivity index (χ1n) is 11.2. The number of anilines is 2. The Morgan fingerprint density at radius 2 is 1.97 bits per heavy atom. The SMILES string of the molecule is CC1CN(c2ccc(C#N)n3nccc23)CC2c3ccc(N4CC(N)C(F)C4)cc3CN12. The normalized spacial score (nSPS) is 27.6. The molecule has 6 rings (SSSR count). The molecule has 2 aromatic heterocycles. The van der Waals surface area contributed by atoms with E-state index >= 15 is 0 Å². The molecular formula is C24H26FN7. The third-order valence-corrected chi connectivity index (χ3v) is 7.33. The Bertz CT molecular complexity index is 1220. The van der Waals surface area contributed by atoms with Gasteiger partial charge in [-0.3, -0.25) is 4.90 Å². The van der Waals surface area contributed by atoms with Crippen LogP contribution in [0.1, 0.15) is 29.8 Å². The number of pyridine rings is 1. The number of hydrogen-bond acceptors (Lipinski definition) is 6. The number of alkyl halides is 1. The number of nitrogens with two attached hydrogens (primary N) is 1. The first-order chi connectivity index (χ1) is 15.5. The molecule has 0 saturated carbocycles. The van der Waals surface area contributed by atoms with Crippen molar-refractivity contribution in [2.24, 2.45) is 5.73 Å². The largest absolute Gasteiger partial charge is 0.367 e. The molecule has 5 heterocycles. The number of benzene rings is 1. The van der Waals surface area contributed by atoms with Crippen LogP contribution in [0.5, 0.6) is 0 Å². The van der Waals surface area contributed by atoms with Gasteiger partial charge in [0.25, 0.3) is 0 Å². The number of aromatic nitrogens is 2. The second-order valence-electron chi connectivity index (χ2n) is 9.25. The summed E-state index contributed by atoms with van der Waals surface area (Å²) in [5.74, 6) is 0. The van der Waals surface area contributed by atoms with E-state index in [1.54, 1.807) is 10.7 Å². The summed E-state index contributed by atoms with van der Waals surface area (Å²) >= 11 is 0. The van der Waals surface area contributed by atoms with Crippen molar-refractivity contribution in [3.63, 3.8) is 0 Å². The van der Waals surface area contributed by atoms with Gasteiger partial charge in [-0.1, -0.05) is 6.07 Å². The molecule has 0 radical (unpaired) electrons. The van der Waals surface area contributed by atoms with Crippen LogP contribution in [0.15, 0.2) is 42.6 Å². The lowest BCUT2D eigenvalue weighted by molar-refractivity contribution is 0.134. The van der Waals surface area contributed by atoms with Crippen molar-refractivity contribution in [1.29, 1.82) is 5.26 Å². The van der Waals surface area contributed by atoms with Gasteiger partial charge < -0.3 is 15.5 Å². The van der Waals surface area contributed by atoms with E-state index in [0.717, 1.165) is 36.5 Å². The van der Waals surface area contributed by atoms with E-state index < -0.39 is 12.2 Å². The maximum Gasteiger partial charge on any atom is 0.142 e. The first kappa shape index (κ1) is 19.5. The minimum Gasteiger partial charge on any atom is -0.367 e. The molecule has 2 saturated heterocycles. The Morgan fingerprint density at radius 1 is 1.09 bits per heavy atom. The lowest BCUT2D eigenvalue weighted by atomic mass is 10.0. The topological polar surface area (TPSA) is 76.8 Å². The Kier molecular flexibility index (Phi) is 4.39. The van der Waals surface area contributed by atoms with Crippen LogP contribution in [0.4, 0.5) is 15.8 Å². The molecule has 1 aromatic carbocycles. The van der Waals surface area contributed by atoms with Crippen LogP contribution in [0.2, 0.25) is 0 Å². The van der Waals surface area contributed by atoms with Crippen LogP contribution in [0, 0.1) is 11.3 Å². The van der Waals surface area contributed by atoms with Gasteiger partial charge in [-0.05, 0) is 48.4 Å². The highest BCUT2D eigenvalue weighted by Gasteiger charge is 2.40. The summed E-state index contributed by atoms with van der Waals surface area (Å²) in [4.78, 5) is 7.05. The standard InChI is InChI=1S/C24H26FN7/c1-15-10-30(22-5-3-18(9-26)32-23(22)6-7-28-32)14-24-19-4-2-17(8-16(19)11-31(15)24)29-12-20(25)21(27)13-29/h2-8,15,20-21,24H,10-14,27H2,1H3. The van der Waals surface area contributed by atoms with Crippen molar-refractivity contribution in [1.82, 2.24) is 14.5 Å². The number of rotatable bonds is 2. The lowest BCUT2D eigenvalue weighted by Gasteiger charge is -2.43. The van der Waals surface area contributed by atoms with Crippen molar-refractivity contribution >= 4 is 16.9 Å². The molecular weight excluding hydrogens is 405 g/mol. The molecule has 8 heteroatoms. The second-order valence-corrected chi connectivity index (χ2v) is 9.25. The summed E-state index contributed by atoms with van der Waals surface area (Å²) in [6, 6.07) is 14.9. The molecule has 3 aromatic rings. The monoisotopic (exact) mass is 431 g/mol. The van der Waals surface area contributed by atoms with Gasteiger partial charge in [0, 0.05) is 37.9 Å². The number of piperazine rings is 1. The molecule has 2 fully saturated rings. The molecule has 3 aliphatic rings. The van der Waals surface area contributed by atoms with Crippen molar-refractivity contribution < 1.29 is 4.39 Å². The summed E-state index contributed by atoms with van der Waals surface area (Å²) in [5.41, 5.74) is 12.3. The zero-order valence-electron chi connectivity index (χ0n) is 18.0. The third kappa shape index (κ3) is 2.89. The molecule has 0 aliphatic carbocycles. The fourth-order valence-corrected chi connectivity index (χ4v) is 5.66. The molecule has 4 atom stereocenters. The van der Waals surface area contributed by atoms with Gasteiger partial charge in [0.05, 0.1) is 36.0 Å². The minimum absolute atomic E-state index is 0.302. The quantitative estimate of drug-likeness (QED) is 0.672. The Morgan fingerprint density at radius 3 is 2.75 bits per heavy atom. The zero-order chi connectivity index (χ0) is 22.0. The molecule has 3 aliphatic heterocycles. The van der Waals surface area contributed by atoms with Crippen molar-refractivity contribution in [3.8, 4) is 6.07 Å². The molecule has 32 heavy (non-hydrogen) atoms. The van der Waals surface area contributed by atoms with Crippen molar-refractivity contribution in [2.75, 3.05) is 36.0 Å². The van der Waals surface area contributed by atoms with Crippen LogP contribution in [-0.2, 0) is 6.54 Å². The Labute approximate surface area is 186 Å². The van der Waals surface area contributed by atoms with E-state index in [0.29, 0.717) is 30.9 Å². The third-order valence-electron chi connectivity index (χ3n) is 7.33. The molecule has 0 bridgehead atoms. The summed E-state index contributed by atoms with van der Waals surface area (Å²) in [6.45, 7) is 5.92. The number of fused-ring (bicyclic) bond motifs is 4. The fraction of sp³-hybridized carbons (Fsp3) is 0.417. The predicted octanol–water partition coefficient (Wildman–Crippen LogP) is 2.46. The van der Waals surface area contributed by atoms with Crippen LogP contribution in [-0.4, -0.2) is 58.9 Å². The maximum absolute atomic E-state index is 14.0. The van der Waals surface area contributed by atoms with Crippen LogP contribution in [0.25, 0.3) is 5.52 Å². The first-order valence-corrected chi connectivity index (χ1v) is 11.2. The van der Waals surface area contributed by atoms with Crippen LogP contribution < -0.4 is 15.5 Å². The number of nitriles is 1. The van der Waals surface area contributed by atoms with Gasteiger partial charge in [0.15, 0.2) is 0 Å². The van der Waals surface area contributed by atoms with Gasteiger partial charge in [0.1, 0.15) is 17.9 Å². The second kappa shape index (κ2) is 7.19. The maximum atomic E-state index is 14.0. The Hall–Kier alpha value is -3.15. The van der Waals surface area contributed by atoms with Gasteiger partial charge in [0.2, 0.25) is 0 Å². The Balaban J connectivity index is 1.31. The fourth-order valence-electron chi connectivity index (χ4n) is 5.66. The predicted molar refractivity (Wildman–Crippen MR) is 121 cm³/mol. The molecule has 2 N–H and O–H groups in total. The highest BCUT2D eigenvalue weighted by atomic mass is 19.1. The summed E-state index contributed by atoms with van der Waals surface area (Å²) in [5, 5.41) is 13.7. The average Bonchev–Trinajstić information content (AvgIpc) is 3.50. The molecule has 7 nitrogen and oxygen atoms in total. The summed E-state index contributed by atoms with van der Waals surface area (Å²) in [7, 11) is 0. The van der Waals surface area contributed by atoms with Crippen LogP contribution >= 0.6 is 0 Å². The van der Waals surface area contributed by atoms with Gasteiger partial charge >= 0.3 is 0 Å². The van der Waals surface area contributed by atoms with Gasteiger partial charge in [-0.15, -0.1) is 0 Å². The summed E-state index contributed by atoms with van der Waals surface area (Å²) in [6.07, 6.45) is 0.786. The minimum atomic E-state index is -0.962. The molecule has 0 amide bonds. The number of nitrogens with zero attached hydrogens (tertiary/aromatic N) is 6. The molecule has 164 valence electrons. The molecule has 4 unspecified atom stereocenters. The van der Waals surface area contributed by atoms with Gasteiger partial charge in [-0.25, -0.2) is 8.91 Å². The van der Waals surface area contributed by atoms with E-state index in [1.807, 2.05) is 18.2 Å². The van der Waals surface area contributed by atoms with E-state index in [2.05, 4.69) is 51.0 Å². The smallest absolute Gasteiger partial charge is 0.142 e. The van der Waals surface area contributed by atoms with Crippen molar-refractivity contribution in [3.05, 3.63) is 59.4 Å². The number of halogens is 1. The summed E-state index contributed by atoms with van der Waals surface area (Å²) < 4.78 is 15.7. The average molecular weight is 432 g/mol. The highest BCUT2D eigenvalue weighted by Crippen LogP contribution is 2.42. The molecule has 0 spiro atoms. The van der Waals surface area contributed by atoms with E-state index in [4.69, 9.17) is 5.73 Å². The van der Waals surface area contributed by atoms with E-state index in [9.17, 15) is 9.65 Å². The van der Waals surface area contributed by atoms with Crippen LogP contribution in [0.3, 0.4) is 0 Å². The van der Waals surface area contributed by atoms with E-state index in [1.165, 1.54) is 11.1 Å². The van der Waals surface area contributed by atoms with Crippen molar-refractivity contribution in [2.45, 2.75) is 37.8 Å². The van der Waals surface area contributed by atoms with Gasteiger partial charge in [-0.2, -0.15) is 10.4 Å². The number of hydrogen-bond donors (Lipinski definition) is 1. The van der Waals surface area contributed by atoms with E-state index in [-0.39, 0.29) is 0 Å². The zero-order valence-corrected chi connectivity index (χ0v) is 18.0.